The highest BCUT2D eigenvalue weighted by molar-refractivity contribution is 5.66. The van der Waals surface area contributed by atoms with Gasteiger partial charge in [-0.2, -0.15) is 0 Å². The van der Waals surface area contributed by atoms with Gasteiger partial charge in [0.25, 0.3) is 0 Å². The van der Waals surface area contributed by atoms with E-state index in [0.29, 0.717) is 12.8 Å². The Morgan fingerprint density at radius 1 is 0.964 bits per heavy atom. The van der Waals surface area contributed by atoms with Crippen molar-refractivity contribution in [1.82, 2.24) is 0 Å². The average molecular weight is 395 g/mol. The SMILES string of the molecule is CCCCCC(O)C(O)/C=C/C=C/C=C\C=C\[C@@](C)(O)C(C)(C)CCC(=O)O. The lowest BCUT2D eigenvalue weighted by atomic mass is 9.72. The molecule has 0 aliphatic rings. The third-order valence-electron chi connectivity index (χ3n) is 5.12. The van der Waals surface area contributed by atoms with Gasteiger partial charge in [-0.05, 0) is 25.2 Å². The molecule has 0 aliphatic heterocycles. The molecule has 0 fully saturated rings. The lowest BCUT2D eigenvalue weighted by Gasteiger charge is -2.37. The first-order chi connectivity index (χ1) is 13.0. The van der Waals surface area contributed by atoms with Crippen LogP contribution in [0, 0.1) is 5.41 Å². The summed E-state index contributed by atoms with van der Waals surface area (Å²) in [5, 5.41) is 39.1. The van der Waals surface area contributed by atoms with E-state index in [-0.39, 0.29) is 6.42 Å². The molecule has 0 aromatic rings. The third-order valence-corrected chi connectivity index (χ3v) is 5.12. The zero-order valence-electron chi connectivity index (χ0n) is 17.7. The Morgan fingerprint density at radius 3 is 2.11 bits per heavy atom. The largest absolute Gasteiger partial charge is 0.481 e. The van der Waals surface area contributed by atoms with Gasteiger partial charge in [-0.15, -0.1) is 0 Å². The van der Waals surface area contributed by atoms with E-state index in [1.165, 1.54) is 0 Å². The first-order valence-corrected chi connectivity index (χ1v) is 10.0. The molecule has 0 aromatic carbocycles. The van der Waals surface area contributed by atoms with Gasteiger partial charge < -0.3 is 20.4 Å². The minimum Gasteiger partial charge on any atom is -0.481 e. The van der Waals surface area contributed by atoms with E-state index in [0.717, 1.165) is 19.3 Å². The standard InChI is InChI=1S/C23H38O5/c1-5-6-11-14-19(24)20(25)15-12-9-7-8-10-13-17-23(4,28)22(2,3)18-16-21(26)27/h7-10,12-13,15,17,19-20,24-25,28H,5-6,11,14,16,18H2,1-4H3,(H,26,27)/b9-7+,10-8-,15-12+,17-13+/t19?,20?,23-/m1/s1. The van der Waals surface area contributed by atoms with Gasteiger partial charge in [0.15, 0.2) is 0 Å². The van der Waals surface area contributed by atoms with Crippen LogP contribution in [-0.4, -0.2) is 44.2 Å². The molecule has 0 rings (SSSR count). The number of aliphatic carboxylic acids is 1. The van der Waals surface area contributed by atoms with Crippen molar-refractivity contribution in [2.75, 3.05) is 0 Å². The quantitative estimate of drug-likeness (QED) is 0.262. The summed E-state index contributed by atoms with van der Waals surface area (Å²) in [6.45, 7) is 7.45. The Kier molecular flexibility index (Phi) is 12.7. The predicted octanol–water partition coefficient (Wildman–Crippen LogP) is 4.16. The number of hydrogen-bond donors (Lipinski definition) is 4. The Bertz CT molecular complexity index is 555. The van der Waals surface area contributed by atoms with E-state index < -0.39 is 29.2 Å². The molecule has 0 heterocycles. The van der Waals surface area contributed by atoms with Gasteiger partial charge in [0.2, 0.25) is 0 Å². The number of carboxylic acid groups (broad SMARTS) is 1. The molecule has 0 saturated carbocycles. The van der Waals surface area contributed by atoms with Crippen molar-refractivity contribution in [1.29, 1.82) is 0 Å². The topological polar surface area (TPSA) is 98.0 Å². The number of aliphatic hydroxyl groups excluding tert-OH is 2. The minimum absolute atomic E-state index is 0.0149. The molecule has 3 atom stereocenters. The van der Waals surface area contributed by atoms with Crippen molar-refractivity contribution in [3.8, 4) is 0 Å². The maximum absolute atomic E-state index is 10.7. The molecule has 2 unspecified atom stereocenters. The Balaban J connectivity index is 4.45. The number of carboxylic acids is 1. The maximum Gasteiger partial charge on any atom is 0.303 e. The molecule has 28 heavy (non-hydrogen) atoms. The van der Waals surface area contributed by atoms with Crippen molar-refractivity contribution in [2.45, 2.75) is 84.0 Å². The van der Waals surface area contributed by atoms with Crippen molar-refractivity contribution < 1.29 is 25.2 Å². The van der Waals surface area contributed by atoms with Crippen molar-refractivity contribution in [3.63, 3.8) is 0 Å². The summed E-state index contributed by atoms with van der Waals surface area (Å²) in [5.41, 5.74) is -1.70. The zero-order valence-corrected chi connectivity index (χ0v) is 17.7. The normalized spacial score (nSPS) is 17.7. The van der Waals surface area contributed by atoms with E-state index in [1.54, 1.807) is 55.5 Å². The molecule has 4 N–H and O–H groups in total. The number of hydrogen-bond acceptors (Lipinski definition) is 4. The number of rotatable bonds is 14. The van der Waals surface area contributed by atoms with Crippen LogP contribution in [-0.2, 0) is 4.79 Å². The lowest BCUT2D eigenvalue weighted by Crippen LogP contribution is -2.40. The fraction of sp³-hybridized carbons (Fsp3) is 0.609. The van der Waals surface area contributed by atoms with Crippen molar-refractivity contribution >= 4 is 5.97 Å². The molecule has 0 saturated heterocycles. The fourth-order valence-corrected chi connectivity index (χ4v) is 2.48. The van der Waals surface area contributed by atoms with Crippen LogP contribution in [0.3, 0.4) is 0 Å². The van der Waals surface area contributed by atoms with Crippen LogP contribution in [0.1, 0.15) is 66.2 Å². The highest BCUT2D eigenvalue weighted by Crippen LogP contribution is 2.36. The molecule has 5 heteroatoms. The Morgan fingerprint density at radius 2 is 1.54 bits per heavy atom. The highest BCUT2D eigenvalue weighted by atomic mass is 16.4. The monoisotopic (exact) mass is 394 g/mol. The summed E-state index contributed by atoms with van der Waals surface area (Å²) in [6, 6.07) is 0. The van der Waals surface area contributed by atoms with E-state index in [4.69, 9.17) is 5.11 Å². The second-order valence-electron chi connectivity index (χ2n) is 7.99. The van der Waals surface area contributed by atoms with Gasteiger partial charge in [-0.1, -0.05) is 88.6 Å². The summed E-state index contributed by atoms with van der Waals surface area (Å²) in [5.74, 6) is -0.871. The van der Waals surface area contributed by atoms with Crippen LogP contribution < -0.4 is 0 Å². The molecular weight excluding hydrogens is 356 g/mol. The number of allylic oxidation sites excluding steroid dienone is 6. The van der Waals surface area contributed by atoms with Gasteiger partial charge >= 0.3 is 5.97 Å². The molecule has 5 nitrogen and oxygen atoms in total. The third kappa shape index (κ3) is 11.2. The molecule has 0 bridgehead atoms. The molecule has 0 amide bonds. The first-order valence-electron chi connectivity index (χ1n) is 10.0. The molecular formula is C23H38O5. The number of unbranched alkanes of at least 4 members (excludes halogenated alkanes) is 2. The second kappa shape index (κ2) is 13.5. The van der Waals surface area contributed by atoms with Gasteiger partial charge in [0.1, 0.15) is 0 Å². The van der Waals surface area contributed by atoms with Gasteiger partial charge in [0, 0.05) is 6.42 Å². The van der Waals surface area contributed by atoms with Gasteiger partial charge in [0.05, 0.1) is 17.8 Å². The van der Waals surface area contributed by atoms with Crippen molar-refractivity contribution in [3.05, 3.63) is 48.6 Å². The van der Waals surface area contributed by atoms with Crippen LogP contribution in [0.4, 0.5) is 0 Å². The smallest absolute Gasteiger partial charge is 0.303 e. The summed E-state index contributed by atoms with van der Waals surface area (Å²) in [4.78, 5) is 10.7. The zero-order chi connectivity index (χ0) is 21.6. The van der Waals surface area contributed by atoms with Crippen LogP contribution in [0.5, 0.6) is 0 Å². The summed E-state index contributed by atoms with van der Waals surface area (Å²) in [7, 11) is 0. The summed E-state index contributed by atoms with van der Waals surface area (Å²) < 4.78 is 0. The van der Waals surface area contributed by atoms with E-state index in [9.17, 15) is 20.1 Å². The highest BCUT2D eigenvalue weighted by Gasteiger charge is 2.37. The molecule has 0 spiro atoms. The average Bonchev–Trinajstić information content (AvgIpc) is 2.61. The molecule has 0 radical (unpaired) electrons. The molecule has 160 valence electrons. The Labute approximate surface area is 169 Å². The van der Waals surface area contributed by atoms with Gasteiger partial charge in [-0.3, -0.25) is 4.79 Å². The number of aliphatic hydroxyl groups is 3. The van der Waals surface area contributed by atoms with Gasteiger partial charge in [-0.25, -0.2) is 0 Å². The second-order valence-corrected chi connectivity index (χ2v) is 7.99. The fourth-order valence-electron chi connectivity index (χ4n) is 2.48. The van der Waals surface area contributed by atoms with E-state index >= 15 is 0 Å². The lowest BCUT2D eigenvalue weighted by molar-refractivity contribution is -0.138. The van der Waals surface area contributed by atoms with Crippen LogP contribution >= 0.6 is 0 Å². The van der Waals surface area contributed by atoms with Crippen LogP contribution in [0.2, 0.25) is 0 Å². The van der Waals surface area contributed by atoms with E-state index in [2.05, 4.69) is 6.92 Å². The van der Waals surface area contributed by atoms with Crippen LogP contribution in [0.25, 0.3) is 0 Å². The predicted molar refractivity (Wildman–Crippen MR) is 114 cm³/mol. The number of carbonyl (C=O) groups is 1. The first kappa shape index (κ1) is 26.3. The summed E-state index contributed by atoms with van der Waals surface area (Å²) >= 11 is 0. The minimum atomic E-state index is -1.13. The molecule has 0 aliphatic carbocycles. The van der Waals surface area contributed by atoms with Crippen molar-refractivity contribution in [2.24, 2.45) is 5.41 Å². The summed E-state index contributed by atoms with van der Waals surface area (Å²) in [6.07, 6.45) is 16.1. The van der Waals surface area contributed by atoms with Crippen LogP contribution in [0.15, 0.2) is 48.6 Å². The molecule has 0 aromatic heterocycles. The van der Waals surface area contributed by atoms with E-state index in [1.807, 2.05) is 13.8 Å². The Hall–Kier alpha value is -1.69. The maximum atomic E-state index is 10.7.